The highest BCUT2D eigenvalue weighted by atomic mass is 32.2. The third-order valence-corrected chi connectivity index (χ3v) is 11.5. The van der Waals surface area contributed by atoms with E-state index >= 15 is 0 Å². The van der Waals surface area contributed by atoms with Gasteiger partial charge in [0, 0.05) is 52.4 Å². The maximum Gasteiger partial charge on any atom is 0.308 e. The van der Waals surface area contributed by atoms with Crippen molar-refractivity contribution in [3.8, 4) is 0 Å². The molecule has 0 atom stereocenters. The van der Waals surface area contributed by atoms with Crippen LogP contribution in [0.4, 0.5) is 0 Å². The zero-order valence-corrected chi connectivity index (χ0v) is 20.8. The number of piperidine rings is 4. The van der Waals surface area contributed by atoms with Gasteiger partial charge in [0.05, 0.1) is 6.26 Å². The van der Waals surface area contributed by atoms with Gasteiger partial charge >= 0.3 is 7.87 Å². The van der Waals surface area contributed by atoms with Crippen LogP contribution in [0.1, 0.15) is 77.0 Å². The molecule has 176 valence electrons. The predicted octanol–water partition coefficient (Wildman–Crippen LogP) is 4.11. The Labute approximate surface area is 185 Å². The Balaban J connectivity index is 0.000000461. The predicted molar refractivity (Wildman–Crippen MR) is 126 cm³/mol. The molecule has 0 amide bonds. The number of hydrogen-bond donors (Lipinski definition) is 1. The molecule has 0 saturated carbocycles. The van der Waals surface area contributed by atoms with E-state index in [9.17, 15) is 8.42 Å². The van der Waals surface area contributed by atoms with Gasteiger partial charge in [-0.25, -0.2) is 0 Å². The molecule has 0 unspecified atom stereocenters. The summed E-state index contributed by atoms with van der Waals surface area (Å²) in [5, 5.41) is 0. The quantitative estimate of drug-likeness (QED) is 0.497. The maximum absolute atomic E-state index is 9.19. The lowest BCUT2D eigenvalue weighted by molar-refractivity contribution is 0.185. The molecule has 4 rings (SSSR count). The van der Waals surface area contributed by atoms with Crippen molar-refractivity contribution in [2.75, 3.05) is 58.6 Å². The third kappa shape index (κ3) is 6.60. The first-order chi connectivity index (χ1) is 14.4. The molecule has 0 spiro atoms. The fourth-order valence-corrected chi connectivity index (χ4v) is 11.1. The Hall–Kier alpha value is 0.180. The van der Waals surface area contributed by atoms with E-state index in [0.717, 1.165) is 0 Å². The van der Waals surface area contributed by atoms with Crippen molar-refractivity contribution in [3.63, 3.8) is 0 Å². The number of hydrogen-bond acceptors (Lipinski definition) is 6. The van der Waals surface area contributed by atoms with E-state index in [4.69, 9.17) is 4.55 Å². The van der Waals surface area contributed by atoms with Crippen LogP contribution in [0.25, 0.3) is 0 Å². The number of nitrogens with zero attached hydrogens (tertiary/aromatic N) is 4. The first-order valence-electron chi connectivity index (χ1n) is 12.3. The van der Waals surface area contributed by atoms with Gasteiger partial charge in [-0.2, -0.15) is 8.42 Å². The van der Waals surface area contributed by atoms with Gasteiger partial charge in [-0.15, -0.1) is 18.7 Å². The van der Waals surface area contributed by atoms with Crippen LogP contribution < -0.4 is 0 Å². The molecule has 4 saturated heterocycles. The molecule has 4 heterocycles. The van der Waals surface area contributed by atoms with Crippen LogP contribution in [0.15, 0.2) is 0 Å². The fraction of sp³-hybridized carbons (Fsp3) is 1.00. The molecule has 0 aromatic carbocycles. The molecule has 4 fully saturated rings. The Bertz CT molecular complexity index is 512. The summed E-state index contributed by atoms with van der Waals surface area (Å²) < 4.78 is 38.0. The van der Waals surface area contributed by atoms with Crippen molar-refractivity contribution in [1.29, 1.82) is 0 Å². The summed E-state index contributed by atoms with van der Waals surface area (Å²) in [4.78, 5) is 0. The summed E-state index contributed by atoms with van der Waals surface area (Å²) in [5.41, 5.74) is 0. The topological polar surface area (TPSA) is 67.3 Å². The van der Waals surface area contributed by atoms with E-state index < -0.39 is 18.0 Å². The molecule has 0 aromatic heterocycles. The van der Waals surface area contributed by atoms with Crippen LogP contribution in [0.5, 0.6) is 0 Å². The minimum absolute atomic E-state index is 0.715. The second kappa shape index (κ2) is 11.9. The lowest BCUT2D eigenvalue weighted by atomic mass is 10.2. The molecule has 9 heteroatoms. The van der Waals surface area contributed by atoms with Crippen molar-refractivity contribution < 1.29 is 13.0 Å². The molecule has 1 N–H and O–H groups in total. The van der Waals surface area contributed by atoms with E-state index in [1.807, 2.05) is 0 Å². The number of rotatable bonds is 4. The first-order valence-corrected chi connectivity index (χ1v) is 15.7. The Morgan fingerprint density at radius 3 is 0.833 bits per heavy atom. The standard InChI is InChI=1S/C20H40N4P.CH4O3S/c1-5-13-21(14-6-1)25(22-15-7-2-8-16-22,23-17-9-3-10-18-23)24-19-11-4-12-20-24;1-5(2,3)4/h1-20H2;1H3,(H,2,3,4)/q+1;. The van der Waals surface area contributed by atoms with Crippen molar-refractivity contribution in [2.24, 2.45) is 0 Å². The lowest BCUT2D eigenvalue weighted by Gasteiger charge is -2.54. The van der Waals surface area contributed by atoms with Gasteiger partial charge in [0.1, 0.15) is 0 Å². The van der Waals surface area contributed by atoms with Crippen molar-refractivity contribution in [1.82, 2.24) is 18.7 Å². The summed E-state index contributed by atoms with van der Waals surface area (Å²) in [6.07, 6.45) is 18.0. The maximum atomic E-state index is 9.19. The van der Waals surface area contributed by atoms with Gasteiger partial charge in [0.2, 0.25) is 0 Å². The van der Waals surface area contributed by atoms with E-state index in [1.54, 1.807) is 0 Å². The monoisotopic (exact) mass is 463 g/mol. The largest absolute Gasteiger partial charge is 0.308 e. The SMILES string of the molecule is C1CCN([P+](N2CCCCC2)(N2CCCCC2)N2CCCCC2)CC1.CS(=O)(=O)O. The highest BCUT2D eigenvalue weighted by molar-refractivity contribution is 7.85. The van der Waals surface area contributed by atoms with Gasteiger partial charge in [-0.05, 0) is 51.4 Å². The zero-order valence-electron chi connectivity index (χ0n) is 19.1. The normalized spacial score (nSPS) is 26.7. The van der Waals surface area contributed by atoms with Crippen LogP contribution in [0.2, 0.25) is 0 Å². The Morgan fingerprint density at radius 1 is 0.500 bits per heavy atom. The molecule has 30 heavy (non-hydrogen) atoms. The molecular weight excluding hydrogens is 419 g/mol. The summed E-state index contributed by atoms with van der Waals surface area (Å²) in [5.74, 6) is 0. The Kier molecular flexibility index (Phi) is 9.82. The second-order valence-electron chi connectivity index (χ2n) is 9.33. The third-order valence-electron chi connectivity index (χ3n) is 6.85. The molecule has 4 aliphatic rings. The Morgan fingerprint density at radius 2 is 0.667 bits per heavy atom. The van der Waals surface area contributed by atoms with Crippen molar-refractivity contribution >= 4 is 18.0 Å². The lowest BCUT2D eigenvalue weighted by Crippen LogP contribution is -2.56. The van der Waals surface area contributed by atoms with Crippen LogP contribution in [0.3, 0.4) is 0 Å². The molecule has 0 bridgehead atoms. The summed E-state index contributed by atoms with van der Waals surface area (Å²) in [6, 6.07) is 0. The molecular formula is C21H44N4O3PS+. The van der Waals surface area contributed by atoms with Crippen molar-refractivity contribution in [2.45, 2.75) is 77.0 Å². The van der Waals surface area contributed by atoms with Crippen LogP contribution >= 0.6 is 7.87 Å². The van der Waals surface area contributed by atoms with Crippen molar-refractivity contribution in [3.05, 3.63) is 0 Å². The molecule has 0 aliphatic carbocycles. The van der Waals surface area contributed by atoms with E-state index in [-0.39, 0.29) is 0 Å². The fourth-order valence-electron chi connectivity index (χ4n) is 5.66. The van der Waals surface area contributed by atoms with Crippen LogP contribution in [0, 0.1) is 0 Å². The van der Waals surface area contributed by atoms with Gasteiger partial charge < -0.3 is 0 Å². The molecule has 0 aromatic rings. The second-order valence-corrected chi connectivity index (χ2v) is 14.1. The van der Waals surface area contributed by atoms with E-state index in [2.05, 4.69) is 18.7 Å². The van der Waals surface area contributed by atoms with E-state index in [0.29, 0.717) is 6.26 Å². The average Bonchev–Trinajstić information content (AvgIpc) is 2.76. The summed E-state index contributed by atoms with van der Waals surface area (Å²) >= 11 is 0. The molecule has 4 aliphatic heterocycles. The molecule has 7 nitrogen and oxygen atoms in total. The summed E-state index contributed by atoms with van der Waals surface area (Å²) in [6.45, 7) is 10.9. The minimum Gasteiger partial charge on any atom is -0.286 e. The minimum atomic E-state index is -3.67. The van der Waals surface area contributed by atoms with Crippen LogP contribution in [-0.4, -0.2) is 90.3 Å². The highest BCUT2D eigenvalue weighted by Gasteiger charge is 2.61. The molecule has 0 radical (unpaired) electrons. The van der Waals surface area contributed by atoms with Gasteiger partial charge in [0.25, 0.3) is 10.1 Å². The summed E-state index contributed by atoms with van der Waals surface area (Å²) in [7, 11) is -5.13. The van der Waals surface area contributed by atoms with Gasteiger partial charge in [-0.3, -0.25) is 4.55 Å². The smallest absolute Gasteiger partial charge is 0.286 e. The zero-order chi connectivity index (χ0) is 21.5. The van der Waals surface area contributed by atoms with Crippen LogP contribution in [-0.2, 0) is 10.1 Å². The van der Waals surface area contributed by atoms with E-state index in [1.165, 1.54) is 129 Å². The highest BCUT2D eigenvalue weighted by Crippen LogP contribution is 2.71. The average molecular weight is 464 g/mol. The van der Waals surface area contributed by atoms with Gasteiger partial charge in [0.15, 0.2) is 0 Å². The van der Waals surface area contributed by atoms with Gasteiger partial charge in [-0.1, -0.05) is 25.7 Å². The first kappa shape index (κ1) is 24.8.